The number of hydrogen-bond donors (Lipinski definition) is 0. The number of methoxy groups -OCH3 is 1. The third-order valence-corrected chi connectivity index (χ3v) is 4.80. The van der Waals surface area contributed by atoms with E-state index in [1.807, 2.05) is 6.92 Å². The SMILES string of the molecule is C=CCN(CC(=O)c1c(C)c(C(=O)OC)n(CC)c1C)C(=O)c1ccc(F)cc1. The van der Waals surface area contributed by atoms with Crippen LogP contribution < -0.4 is 0 Å². The molecule has 0 radical (unpaired) electrons. The van der Waals surface area contributed by atoms with Crippen molar-refractivity contribution in [1.82, 2.24) is 9.47 Å². The van der Waals surface area contributed by atoms with Crippen molar-refractivity contribution in [3.8, 4) is 0 Å². The number of ketones is 1. The molecule has 0 fully saturated rings. The smallest absolute Gasteiger partial charge is 0.354 e. The Labute approximate surface area is 169 Å². The Morgan fingerprint density at radius 2 is 1.83 bits per heavy atom. The Kier molecular flexibility index (Phi) is 7.09. The van der Waals surface area contributed by atoms with Gasteiger partial charge in [0.1, 0.15) is 11.5 Å². The molecule has 0 N–H and O–H groups in total. The van der Waals surface area contributed by atoms with Crippen LogP contribution in [-0.4, -0.2) is 47.3 Å². The number of carbonyl (C=O) groups is 3. The molecule has 0 spiro atoms. The van der Waals surface area contributed by atoms with Crippen molar-refractivity contribution in [2.45, 2.75) is 27.3 Å². The molecular weight excluding hydrogens is 375 g/mol. The fourth-order valence-electron chi connectivity index (χ4n) is 3.46. The Balaban J connectivity index is 2.39. The van der Waals surface area contributed by atoms with Crippen molar-refractivity contribution in [2.75, 3.05) is 20.2 Å². The lowest BCUT2D eigenvalue weighted by molar-refractivity contribution is 0.0587. The van der Waals surface area contributed by atoms with Crippen molar-refractivity contribution >= 4 is 17.7 Å². The molecule has 7 heteroatoms. The average Bonchev–Trinajstić information content (AvgIpc) is 2.96. The standard InChI is InChI=1S/C22H25FN2O4/c1-6-12-24(21(27)16-8-10-17(23)11-9-16)13-18(26)19-14(3)20(22(28)29-5)25(7-2)15(19)4/h6,8-11H,1,7,12-13H2,2-5H3. The van der Waals surface area contributed by atoms with Crippen LogP contribution >= 0.6 is 0 Å². The van der Waals surface area contributed by atoms with Gasteiger partial charge in [-0.3, -0.25) is 9.59 Å². The van der Waals surface area contributed by atoms with Crippen LogP contribution in [0, 0.1) is 19.7 Å². The lowest BCUT2D eigenvalue weighted by Gasteiger charge is -2.21. The van der Waals surface area contributed by atoms with E-state index < -0.39 is 17.7 Å². The molecule has 1 aromatic heterocycles. The summed E-state index contributed by atoms with van der Waals surface area (Å²) in [6, 6.07) is 5.13. The summed E-state index contributed by atoms with van der Waals surface area (Å²) in [5.41, 5.74) is 2.16. The summed E-state index contributed by atoms with van der Waals surface area (Å²) in [5, 5.41) is 0. The van der Waals surface area contributed by atoms with Gasteiger partial charge in [-0.25, -0.2) is 9.18 Å². The molecule has 0 saturated carbocycles. The molecule has 154 valence electrons. The molecule has 0 aliphatic carbocycles. The van der Waals surface area contributed by atoms with Gasteiger partial charge in [0.25, 0.3) is 5.91 Å². The lowest BCUT2D eigenvalue weighted by Crippen LogP contribution is -2.36. The first-order valence-electron chi connectivity index (χ1n) is 9.23. The Morgan fingerprint density at radius 1 is 1.21 bits per heavy atom. The van der Waals surface area contributed by atoms with Gasteiger partial charge < -0.3 is 14.2 Å². The molecule has 2 rings (SSSR count). The maximum Gasteiger partial charge on any atom is 0.354 e. The van der Waals surface area contributed by atoms with Gasteiger partial charge in [-0.1, -0.05) is 6.08 Å². The second kappa shape index (κ2) is 9.32. The van der Waals surface area contributed by atoms with Crippen LogP contribution in [0.1, 0.15) is 49.4 Å². The second-order valence-electron chi connectivity index (χ2n) is 6.57. The first kappa shape index (κ1) is 22.1. The molecule has 6 nitrogen and oxygen atoms in total. The van der Waals surface area contributed by atoms with E-state index in [-0.39, 0.29) is 24.4 Å². The number of esters is 1. The lowest BCUT2D eigenvalue weighted by atomic mass is 10.0. The van der Waals surface area contributed by atoms with E-state index in [2.05, 4.69) is 6.58 Å². The second-order valence-corrected chi connectivity index (χ2v) is 6.57. The molecule has 0 atom stereocenters. The van der Waals surface area contributed by atoms with Gasteiger partial charge in [0.2, 0.25) is 0 Å². The minimum atomic E-state index is -0.517. The molecule has 0 saturated heterocycles. The molecule has 0 unspecified atom stereocenters. The fourth-order valence-corrected chi connectivity index (χ4v) is 3.46. The normalized spacial score (nSPS) is 10.5. The van der Waals surface area contributed by atoms with Crippen LogP contribution in [0.4, 0.5) is 4.39 Å². The molecule has 29 heavy (non-hydrogen) atoms. The predicted molar refractivity (Wildman–Crippen MR) is 108 cm³/mol. The number of rotatable bonds is 8. The van der Waals surface area contributed by atoms with Crippen molar-refractivity contribution < 1.29 is 23.5 Å². The van der Waals surface area contributed by atoms with Gasteiger partial charge in [-0.15, -0.1) is 6.58 Å². The van der Waals surface area contributed by atoms with Crippen LogP contribution in [0.2, 0.25) is 0 Å². The number of ether oxygens (including phenoxy) is 1. The molecular formula is C22H25FN2O4. The molecule has 1 aromatic carbocycles. The highest BCUT2D eigenvalue weighted by Crippen LogP contribution is 2.24. The molecule has 1 heterocycles. The topological polar surface area (TPSA) is 68.6 Å². The quantitative estimate of drug-likeness (QED) is 0.386. The number of nitrogens with zero attached hydrogens (tertiary/aromatic N) is 2. The zero-order valence-electron chi connectivity index (χ0n) is 17.1. The van der Waals surface area contributed by atoms with E-state index >= 15 is 0 Å². The van der Waals surface area contributed by atoms with Crippen LogP contribution in [0.25, 0.3) is 0 Å². The van der Waals surface area contributed by atoms with Gasteiger partial charge in [-0.2, -0.15) is 0 Å². The van der Waals surface area contributed by atoms with Gasteiger partial charge in [0.15, 0.2) is 5.78 Å². The number of carbonyl (C=O) groups excluding carboxylic acids is 3. The number of hydrogen-bond acceptors (Lipinski definition) is 4. The zero-order valence-corrected chi connectivity index (χ0v) is 17.1. The number of amides is 1. The summed E-state index contributed by atoms with van der Waals surface area (Å²) in [4.78, 5) is 39.4. The highest BCUT2D eigenvalue weighted by atomic mass is 19.1. The van der Waals surface area contributed by atoms with E-state index in [4.69, 9.17) is 4.74 Å². The highest BCUT2D eigenvalue weighted by molar-refractivity contribution is 6.06. The van der Waals surface area contributed by atoms with Crippen LogP contribution in [0.5, 0.6) is 0 Å². The maximum atomic E-state index is 13.2. The highest BCUT2D eigenvalue weighted by Gasteiger charge is 2.28. The summed E-state index contributed by atoms with van der Waals surface area (Å²) in [7, 11) is 1.29. The monoisotopic (exact) mass is 400 g/mol. The van der Waals surface area contributed by atoms with Crippen molar-refractivity contribution in [3.63, 3.8) is 0 Å². The van der Waals surface area contributed by atoms with Crippen molar-refractivity contribution in [1.29, 1.82) is 0 Å². The Bertz CT molecular complexity index is 945. The first-order chi connectivity index (χ1) is 13.8. The van der Waals surface area contributed by atoms with Crippen molar-refractivity contribution in [3.05, 3.63) is 70.8 Å². The van der Waals surface area contributed by atoms with E-state index in [0.29, 0.717) is 29.1 Å². The summed E-state index contributed by atoms with van der Waals surface area (Å²) in [5.74, 6) is -1.67. The number of halogens is 1. The Hall–Kier alpha value is -3.22. The van der Waals surface area contributed by atoms with Gasteiger partial charge in [-0.05, 0) is 50.6 Å². The largest absolute Gasteiger partial charge is 0.464 e. The molecule has 1 amide bonds. The van der Waals surface area contributed by atoms with E-state index in [1.165, 1.54) is 42.4 Å². The number of aromatic nitrogens is 1. The molecule has 2 aromatic rings. The summed E-state index contributed by atoms with van der Waals surface area (Å²) < 4.78 is 19.7. The average molecular weight is 400 g/mol. The summed E-state index contributed by atoms with van der Waals surface area (Å²) in [6.07, 6.45) is 1.52. The van der Waals surface area contributed by atoms with Crippen LogP contribution in [-0.2, 0) is 11.3 Å². The summed E-state index contributed by atoms with van der Waals surface area (Å²) in [6.45, 7) is 9.41. The zero-order chi connectivity index (χ0) is 21.7. The third kappa shape index (κ3) is 4.45. The molecule has 0 bridgehead atoms. The predicted octanol–water partition coefficient (Wildman–Crippen LogP) is 3.56. The minimum Gasteiger partial charge on any atom is -0.464 e. The van der Waals surface area contributed by atoms with Gasteiger partial charge >= 0.3 is 5.97 Å². The van der Waals surface area contributed by atoms with Crippen molar-refractivity contribution in [2.24, 2.45) is 0 Å². The summed E-state index contributed by atoms with van der Waals surface area (Å²) >= 11 is 0. The number of benzene rings is 1. The van der Waals surface area contributed by atoms with E-state index in [1.54, 1.807) is 18.4 Å². The Morgan fingerprint density at radius 3 is 2.34 bits per heavy atom. The molecule has 0 aliphatic rings. The fraction of sp³-hybridized carbons (Fsp3) is 0.318. The van der Waals surface area contributed by atoms with E-state index in [0.717, 1.165) is 0 Å². The minimum absolute atomic E-state index is 0.151. The number of Topliss-reactive ketones (excluding diaryl/α,β-unsaturated/α-hetero) is 1. The van der Waals surface area contributed by atoms with E-state index in [9.17, 15) is 18.8 Å². The molecule has 0 aliphatic heterocycles. The maximum absolute atomic E-state index is 13.2. The van der Waals surface area contributed by atoms with Gasteiger partial charge in [0, 0.05) is 29.9 Å². The van der Waals surface area contributed by atoms with Gasteiger partial charge in [0.05, 0.1) is 13.7 Å². The van der Waals surface area contributed by atoms with Crippen LogP contribution in [0.3, 0.4) is 0 Å². The van der Waals surface area contributed by atoms with Crippen LogP contribution in [0.15, 0.2) is 36.9 Å². The third-order valence-electron chi connectivity index (χ3n) is 4.80. The first-order valence-corrected chi connectivity index (χ1v) is 9.23.